The lowest BCUT2D eigenvalue weighted by molar-refractivity contribution is -0.125. The molecular weight excluding hydrogens is 386 g/mol. The average molecular weight is 416 g/mol. The summed E-state index contributed by atoms with van der Waals surface area (Å²) in [5, 5.41) is 4.43. The molecule has 0 atom stereocenters. The molecule has 2 aromatic heterocycles. The van der Waals surface area contributed by atoms with E-state index in [9.17, 15) is 4.79 Å². The van der Waals surface area contributed by atoms with E-state index in [0.29, 0.717) is 6.54 Å². The number of H-pyrrole nitrogens is 1. The van der Waals surface area contributed by atoms with Gasteiger partial charge < -0.3 is 19.8 Å². The number of amides is 1. The Morgan fingerprint density at radius 2 is 1.87 bits per heavy atom. The maximum atomic E-state index is 12.8. The van der Waals surface area contributed by atoms with E-state index in [-0.39, 0.29) is 11.8 Å². The van der Waals surface area contributed by atoms with Gasteiger partial charge in [0.1, 0.15) is 0 Å². The maximum Gasteiger partial charge on any atom is 0.223 e. The molecule has 3 heterocycles. The summed E-state index contributed by atoms with van der Waals surface area (Å²) in [6, 6.07) is 16.6. The smallest absolute Gasteiger partial charge is 0.223 e. The van der Waals surface area contributed by atoms with E-state index in [1.54, 1.807) is 0 Å². The van der Waals surface area contributed by atoms with Gasteiger partial charge in [0.2, 0.25) is 11.9 Å². The van der Waals surface area contributed by atoms with Crippen LogP contribution < -0.4 is 10.2 Å². The molecule has 1 fully saturated rings. The van der Waals surface area contributed by atoms with Crippen LogP contribution in [0.25, 0.3) is 21.9 Å². The molecule has 0 spiro atoms. The van der Waals surface area contributed by atoms with Crippen LogP contribution in [0.4, 0.5) is 5.95 Å². The van der Waals surface area contributed by atoms with Crippen molar-refractivity contribution in [2.45, 2.75) is 26.2 Å². The highest BCUT2D eigenvalue weighted by Crippen LogP contribution is 2.26. The molecule has 0 unspecified atom stereocenters. The molecule has 0 bridgehead atoms. The van der Waals surface area contributed by atoms with Gasteiger partial charge >= 0.3 is 0 Å². The first-order valence-corrected chi connectivity index (χ1v) is 11.1. The number of fused-ring (bicyclic) bond motifs is 2. The van der Waals surface area contributed by atoms with Gasteiger partial charge in [0, 0.05) is 49.2 Å². The van der Waals surface area contributed by atoms with E-state index in [1.165, 1.54) is 16.6 Å². The molecule has 6 nitrogen and oxygen atoms in total. The SMILES string of the molecule is Cc1[nH]c2ccccc2c1CCNC(=O)C1CCN(c2nc3ccccc3n2C)CC1. The monoisotopic (exact) mass is 415 g/mol. The number of nitrogens with zero attached hydrogens (tertiary/aromatic N) is 3. The Kier molecular flexibility index (Phi) is 5.14. The van der Waals surface area contributed by atoms with Crippen LogP contribution in [0, 0.1) is 12.8 Å². The van der Waals surface area contributed by atoms with E-state index in [1.807, 2.05) is 18.2 Å². The van der Waals surface area contributed by atoms with E-state index in [4.69, 9.17) is 4.98 Å². The number of carbonyl (C=O) groups excluding carboxylic acids is 1. The van der Waals surface area contributed by atoms with Gasteiger partial charge in [0.05, 0.1) is 11.0 Å². The van der Waals surface area contributed by atoms with Crippen molar-refractivity contribution in [3.63, 3.8) is 0 Å². The van der Waals surface area contributed by atoms with Crippen LogP contribution in [0.1, 0.15) is 24.1 Å². The molecule has 1 amide bonds. The molecule has 2 N–H and O–H groups in total. The summed E-state index contributed by atoms with van der Waals surface area (Å²) in [7, 11) is 2.07. The molecule has 0 aliphatic carbocycles. The quantitative estimate of drug-likeness (QED) is 0.519. The maximum absolute atomic E-state index is 12.8. The lowest BCUT2D eigenvalue weighted by Crippen LogP contribution is -2.41. The summed E-state index contributed by atoms with van der Waals surface area (Å²) < 4.78 is 2.15. The standard InChI is InChI=1S/C25H29N5O/c1-17-19(20-7-3-4-8-21(20)27-17)11-14-26-24(31)18-12-15-30(16-13-18)25-28-22-9-5-6-10-23(22)29(25)2/h3-10,18,27H,11-16H2,1-2H3,(H,26,31). The van der Waals surface area contributed by atoms with Crippen LogP contribution >= 0.6 is 0 Å². The zero-order chi connectivity index (χ0) is 21.4. The van der Waals surface area contributed by atoms with Gasteiger partial charge in [-0.25, -0.2) is 4.98 Å². The van der Waals surface area contributed by atoms with Crippen molar-refractivity contribution in [2.24, 2.45) is 13.0 Å². The minimum atomic E-state index is 0.0787. The Labute approximate surface area is 182 Å². The molecule has 1 aliphatic rings. The predicted octanol–water partition coefficient (Wildman–Crippen LogP) is 3.94. The molecule has 2 aromatic carbocycles. The zero-order valence-electron chi connectivity index (χ0n) is 18.2. The number of nitrogens with one attached hydrogen (secondary N) is 2. The normalized spacial score (nSPS) is 15.1. The Hall–Kier alpha value is -3.28. The number of hydrogen-bond acceptors (Lipinski definition) is 3. The Morgan fingerprint density at radius 1 is 1.13 bits per heavy atom. The summed E-state index contributed by atoms with van der Waals surface area (Å²) in [6.07, 6.45) is 2.57. The molecule has 5 rings (SSSR count). The van der Waals surface area contributed by atoms with Crippen molar-refractivity contribution >= 4 is 33.8 Å². The third-order valence-electron chi connectivity index (χ3n) is 6.61. The number of carbonyl (C=O) groups is 1. The number of aromatic amines is 1. The number of aryl methyl sites for hydroxylation is 2. The fraction of sp³-hybridized carbons (Fsp3) is 0.360. The third-order valence-corrected chi connectivity index (χ3v) is 6.61. The van der Waals surface area contributed by atoms with E-state index in [2.05, 4.69) is 64.1 Å². The van der Waals surface area contributed by atoms with Gasteiger partial charge in [-0.05, 0) is 49.9 Å². The Bertz CT molecular complexity index is 1230. The van der Waals surface area contributed by atoms with Crippen LogP contribution in [-0.4, -0.2) is 40.1 Å². The number of rotatable bonds is 5. The van der Waals surface area contributed by atoms with Crippen molar-refractivity contribution < 1.29 is 4.79 Å². The number of aromatic nitrogens is 3. The van der Waals surface area contributed by atoms with Gasteiger partial charge in [-0.3, -0.25) is 4.79 Å². The number of imidazole rings is 1. The largest absolute Gasteiger partial charge is 0.358 e. The number of anilines is 1. The van der Waals surface area contributed by atoms with E-state index < -0.39 is 0 Å². The first-order valence-electron chi connectivity index (χ1n) is 11.1. The van der Waals surface area contributed by atoms with Crippen LogP contribution in [0.15, 0.2) is 48.5 Å². The Morgan fingerprint density at radius 3 is 2.68 bits per heavy atom. The summed E-state index contributed by atoms with van der Waals surface area (Å²) in [5.41, 5.74) is 5.81. The number of para-hydroxylation sites is 3. The highest BCUT2D eigenvalue weighted by molar-refractivity contribution is 5.85. The van der Waals surface area contributed by atoms with Crippen molar-refractivity contribution in [3.05, 3.63) is 59.8 Å². The summed E-state index contributed by atoms with van der Waals surface area (Å²) in [6.45, 7) is 4.49. The topological polar surface area (TPSA) is 66.0 Å². The first-order chi connectivity index (χ1) is 15.1. The molecule has 160 valence electrons. The molecule has 31 heavy (non-hydrogen) atoms. The van der Waals surface area contributed by atoms with Gasteiger partial charge in [0.15, 0.2) is 0 Å². The predicted molar refractivity (Wildman–Crippen MR) is 125 cm³/mol. The van der Waals surface area contributed by atoms with E-state index in [0.717, 1.165) is 54.9 Å². The lowest BCUT2D eigenvalue weighted by Gasteiger charge is -2.32. The van der Waals surface area contributed by atoms with Crippen LogP contribution in [0.5, 0.6) is 0 Å². The molecule has 0 radical (unpaired) electrons. The van der Waals surface area contributed by atoms with Crippen LogP contribution in [0.2, 0.25) is 0 Å². The molecule has 0 saturated carbocycles. The van der Waals surface area contributed by atoms with Crippen LogP contribution in [0.3, 0.4) is 0 Å². The first kappa shape index (κ1) is 19.7. The van der Waals surface area contributed by atoms with Gasteiger partial charge in [-0.1, -0.05) is 30.3 Å². The molecule has 4 aromatic rings. The Balaban J connectivity index is 1.16. The van der Waals surface area contributed by atoms with Crippen LogP contribution in [-0.2, 0) is 18.3 Å². The van der Waals surface area contributed by atoms with E-state index >= 15 is 0 Å². The van der Waals surface area contributed by atoms with Gasteiger partial charge in [0.25, 0.3) is 0 Å². The van der Waals surface area contributed by atoms with Crippen molar-refractivity contribution in [3.8, 4) is 0 Å². The summed E-state index contributed by atoms with van der Waals surface area (Å²) in [5.74, 6) is 1.26. The molecule has 6 heteroatoms. The lowest BCUT2D eigenvalue weighted by atomic mass is 9.96. The third kappa shape index (κ3) is 3.67. The fourth-order valence-electron chi connectivity index (χ4n) is 4.87. The second-order valence-corrected chi connectivity index (χ2v) is 8.54. The minimum absolute atomic E-state index is 0.0787. The van der Waals surface area contributed by atoms with Crippen molar-refractivity contribution in [1.82, 2.24) is 19.9 Å². The molecule has 1 saturated heterocycles. The minimum Gasteiger partial charge on any atom is -0.358 e. The van der Waals surface area contributed by atoms with Crippen molar-refractivity contribution in [1.29, 1.82) is 0 Å². The highest BCUT2D eigenvalue weighted by Gasteiger charge is 2.27. The average Bonchev–Trinajstić information content (AvgIpc) is 3.30. The zero-order valence-corrected chi connectivity index (χ0v) is 18.2. The molecule has 1 aliphatic heterocycles. The summed E-state index contributed by atoms with van der Waals surface area (Å²) in [4.78, 5) is 23.3. The molecular formula is C25H29N5O. The number of benzene rings is 2. The second kappa shape index (κ2) is 8.10. The van der Waals surface area contributed by atoms with Gasteiger partial charge in [-0.2, -0.15) is 0 Å². The number of piperidine rings is 1. The number of hydrogen-bond donors (Lipinski definition) is 2. The highest BCUT2D eigenvalue weighted by atomic mass is 16.1. The fourth-order valence-corrected chi connectivity index (χ4v) is 4.87. The van der Waals surface area contributed by atoms with Crippen molar-refractivity contribution in [2.75, 3.05) is 24.5 Å². The second-order valence-electron chi connectivity index (χ2n) is 8.54. The van der Waals surface area contributed by atoms with Gasteiger partial charge in [-0.15, -0.1) is 0 Å². The summed E-state index contributed by atoms with van der Waals surface area (Å²) >= 11 is 0.